The molecule has 0 bridgehead atoms. The van der Waals surface area contributed by atoms with Gasteiger partial charge in [0.1, 0.15) is 5.75 Å². The minimum Gasteiger partial charge on any atom is -0.497 e. The Morgan fingerprint density at radius 1 is 1.07 bits per heavy atom. The summed E-state index contributed by atoms with van der Waals surface area (Å²) in [5.74, 6) is 1.49. The highest BCUT2D eigenvalue weighted by Gasteiger charge is 2.14. The summed E-state index contributed by atoms with van der Waals surface area (Å²) in [6.45, 7) is 5.52. The molecule has 6 nitrogen and oxygen atoms in total. The van der Waals surface area contributed by atoms with Crippen LogP contribution in [-0.4, -0.2) is 55.1 Å². The molecule has 6 heteroatoms. The molecule has 146 valence electrons. The Hall–Kier alpha value is -2.83. The zero-order valence-electron chi connectivity index (χ0n) is 16.4. The van der Waals surface area contributed by atoms with Gasteiger partial charge in [-0.15, -0.1) is 0 Å². The van der Waals surface area contributed by atoms with Crippen molar-refractivity contribution in [3.63, 3.8) is 0 Å². The molecule has 2 heterocycles. The first-order chi connectivity index (χ1) is 13.7. The quantitative estimate of drug-likeness (QED) is 0.703. The number of hydrogen-bond acceptors (Lipinski definition) is 6. The summed E-state index contributed by atoms with van der Waals surface area (Å²) in [5.41, 5.74) is 3.21. The largest absolute Gasteiger partial charge is 0.497 e. The second-order valence-corrected chi connectivity index (χ2v) is 7.16. The van der Waals surface area contributed by atoms with Crippen molar-refractivity contribution in [3.05, 3.63) is 60.3 Å². The van der Waals surface area contributed by atoms with E-state index in [-0.39, 0.29) is 0 Å². The molecule has 1 aliphatic rings. The molecule has 28 heavy (non-hydrogen) atoms. The number of hydrogen-bond donors (Lipinski definition) is 1. The third kappa shape index (κ3) is 4.52. The Balaban J connectivity index is 1.37. The SMILES string of the molecule is COc1cccc(-c2cnc(Nc3ccc(CN4CCN(C)CC4)cc3)o2)c1. The zero-order chi connectivity index (χ0) is 19.3. The van der Waals surface area contributed by atoms with Crippen LogP contribution in [0.25, 0.3) is 11.3 Å². The summed E-state index contributed by atoms with van der Waals surface area (Å²) in [5, 5.41) is 3.23. The summed E-state index contributed by atoms with van der Waals surface area (Å²) >= 11 is 0. The number of benzene rings is 2. The molecule has 1 aliphatic heterocycles. The molecular formula is C22H26N4O2. The summed E-state index contributed by atoms with van der Waals surface area (Å²) in [6, 6.07) is 16.7. The highest BCUT2D eigenvalue weighted by Crippen LogP contribution is 2.27. The lowest BCUT2D eigenvalue weighted by Gasteiger charge is -2.32. The zero-order valence-corrected chi connectivity index (χ0v) is 16.4. The summed E-state index contributed by atoms with van der Waals surface area (Å²) in [7, 11) is 3.83. The number of anilines is 2. The van der Waals surface area contributed by atoms with E-state index in [0.717, 1.165) is 49.7 Å². The van der Waals surface area contributed by atoms with Crippen molar-refractivity contribution in [3.8, 4) is 17.1 Å². The smallest absolute Gasteiger partial charge is 0.299 e. The Morgan fingerprint density at radius 3 is 2.61 bits per heavy atom. The lowest BCUT2D eigenvalue weighted by molar-refractivity contribution is 0.148. The topological polar surface area (TPSA) is 53.8 Å². The standard InChI is InChI=1S/C22H26N4O2/c1-25-10-12-26(13-11-25)16-17-6-8-19(9-7-17)24-22-23-15-21(28-22)18-4-3-5-20(14-18)27-2/h3-9,14-15H,10-13,16H2,1-2H3,(H,23,24). The van der Waals surface area contributed by atoms with Gasteiger partial charge in [-0.25, -0.2) is 4.98 Å². The van der Waals surface area contributed by atoms with Gasteiger partial charge >= 0.3 is 0 Å². The van der Waals surface area contributed by atoms with Gasteiger partial charge in [-0.3, -0.25) is 4.90 Å². The molecule has 0 aliphatic carbocycles. The van der Waals surface area contributed by atoms with Crippen LogP contribution in [0.2, 0.25) is 0 Å². The lowest BCUT2D eigenvalue weighted by Crippen LogP contribution is -2.43. The Bertz CT molecular complexity index is 899. The van der Waals surface area contributed by atoms with E-state index in [4.69, 9.17) is 9.15 Å². The molecule has 1 N–H and O–H groups in total. The van der Waals surface area contributed by atoms with Crippen molar-refractivity contribution in [1.82, 2.24) is 14.8 Å². The molecule has 1 saturated heterocycles. The number of nitrogens with zero attached hydrogens (tertiary/aromatic N) is 3. The predicted molar refractivity (Wildman–Crippen MR) is 111 cm³/mol. The second kappa shape index (κ2) is 8.46. The third-order valence-corrected chi connectivity index (χ3v) is 5.07. The number of nitrogens with one attached hydrogen (secondary N) is 1. The van der Waals surface area contributed by atoms with E-state index in [1.165, 1.54) is 5.56 Å². The maximum Gasteiger partial charge on any atom is 0.299 e. The minimum absolute atomic E-state index is 0.477. The van der Waals surface area contributed by atoms with E-state index in [0.29, 0.717) is 11.8 Å². The average Bonchev–Trinajstić information content (AvgIpc) is 3.20. The number of oxazole rings is 1. The van der Waals surface area contributed by atoms with Gasteiger partial charge in [0.2, 0.25) is 0 Å². The lowest BCUT2D eigenvalue weighted by atomic mass is 10.2. The second-order valence-electron chi connectivity index (χ2n) is 7.16. The van der Waals surface area contributed by atoms with Crippen LogP contribution in [0.1, 0.15) is 5.56 Å². The highest BCUT2D eigenvalue weighted by molar-refractivity contribution is 5.61. The fraction of sp³-hybridized carbons (Fsp3) is 0.318. The molecule has 0 atom stereocenters. The van der Waals surface area contributed by atoms with Crippen molar-refractivity contribution >= 4 is 11.7 Å². The number of likely N-dealkylation sites (N-methyl/N-ethyl adjacent to an activating group) is 1. The van der Waals surface area contributed by atoms with Crippen LogP contribution >= 0.6 is 0 Å². The van der Waals surface area contributed by atoms with Gasteiger partial charge in [0.15, 0.2) is 5.76 Å². The summed E-state index contributed by atoms with van der Waals surface area (Å²) in [6.07, 6.45) is 1.72. The van der Waals surface area contributed by atoms with Crippen LogP contribution in [0.3, 0.4) is 0 Å². The van der Waals surface area contributed by atoms with Gasteiger partial charge < -0.3 is 19.4 Å². The molecule has 0 radical (unpaired) electrons. The number of aromatic nitrogens is 1. The molecule has 0 amide bonds. The van der Waals surface area contributed by atoms with E-state index in [1.807, 2.05) is 24.3 Å². The van der Waals surface area contributed by atoms with Crippen LogP contribution in [-0.2, 0) is 6.54 Å². The van der Waals surface area contributed by atoms with Crippen LogP contribution in [0.5, 0.6) is 5.75 Å². The van der Waals surface area contributed by atoms with Gasteiger partial charge in [0.05, 0.1) is 13.3 Å². The average molecular weight is 378 g/mol. The van der Waals surface area contributed by atoms with E-state index in [2.05, 4.69) is 51.4 Å². The van der Waals surface area contributed by atoms with E-state index < -0.39 is 0 Å². The fourth-order valence-electron chi connectivity index (χ4n) is 3.32. The molecule has 4 rings (SSSR count). The van der Waals surface area contributed by atoms with Gasteiger partial charge in [-0.05, 0) is 36.9 Å². The normalized spacial score (nSPS) is 15.5. The summed E-state index contributed by atoms with van der Waals surface area (Å²) in [4.78, 5) is 9.21. The fourth-order valence-corrected chi connectivity index (χ4v) is 3.32. The van der Waals surface area contributed by atoms with E-state index >= 15 is 0 Å². The maximum atomic E-state index is 5.84. The minimum atomic E-state index is 0.477. The summed E-state index contributed by atoms with van der Waals surface area (Å²) < 4.78 is 11.1. The highest BCUT2D eigenvalue weighted by atomic mass is 16.5. The maximum absolute atomic E-state index is 5.84. The van der Waals surface area contributed by atoms with Crippen molar-refractivity contribution in [2.24, 2.45) is 0 Å². The molecule has 0 unspecified atom stereocenters. The monoisotopic (exact) mass is 378 g/mol. The van der Waals surface area contributed by atoms with Crippen molar-refractivity contribution in [1.29, 1.82) is 0 Å². The Morgan fingerprint density at radius 2 is 1.86 bits per heavy atom. The first-order valence-corrected chi connectivity index (χ1v) is 9.57. The number of piperazine rings is 1. The van der Waals surface area contributed by atoms with Crippen LogP contribution in [0.15, 0.2) is 59.1 Å². The van der Waals surface area contributed by atoms with Gasteiger partial charge in [-0.1, -0.05) is 24.3 Å². The van der Waals surface area contributed by atoms with Gasteiger partial charge in [-0.2, -0.15) is 0 Å². The molecular weight excluding hydrogens is 352 g/mol. The van der Waals surface area contributed by atoms with Crippen molar-refractivity contribution < 1.29 is 9.15 Å². The van der Waals surface area contributed by atoms with Crippen molar-refractivity contribution in [2.75, 3.05) is 45.7 Å². The molecule has 0 saturated carbocycles. The first kappa shape index (κ1) is 18.5. The first-order valence-electron chi connectivity index (χ1n) is 9.57. The van der Waals surface area contributed by atoms with Crippen LogP contribution in [0, 0.1) is 0 Å². The van der Waals surface area contributed by atoms with E-state index in [9.17, 15) is 0 Å². The number of rotatable bonds is 6. The molecule has 3 aromatic rings. The van der Waals surface area contributed by atoms with Gasteiger partial charge in [0, 0.05) is 44.0 Å². The van der Waals surface area contributed by atoms with E-state index in [1.54, 1.807) is 13.3 Å². The third-order valence-electron chi connectivity index (χ3n) is 5.07. The van der Waals surface area contributed by atoms with Crippen LogP contribution in [0.4, 0.5) is 11.7 Å². The number of methoxy groups -OCH3 is 1. The molecule has 0 spiro atoms. The number of ether oxygens (including phenoxy) is 1. The molecule has 1 aromatic heterocycles. The van der Waals surface area contributed by atoms with Gasteiger partial charge in [0.25, 0.3) is 6.01 Å². The molecule has 1 fully saturated rings. The predicted octanol–water partition coefficient (Wildman–Crippen LogP) is 3.84. The van der Waals surface area contributed by atoms with Crippen molar-refractivity contribution in [2.45, 2.75) is 6.54 Å². The Labute approximate surface area is 165 Å². The Kier molecular flexibility index (Phi) is 5.60. The van der Waals surface area contributed by atoms with Crippen LogP contribution < -0.4 is 10.1 Å². The molecule has 2 aromatic carbocycles.